The highest BCUT2D eigenvalue weighted by Crippen LogP contribution is 2.62. The van der Waals surface area contributed by atoms with E-state index in [1.165, 1.54) is 12.1 Å². The van der Waals surface area contributed by atoms with Crippen LogP contribution in [-0.4, -0.2) is 80.3 Å². The first kappa shape index (κ1) is 41.8. The van der Waals surface area contributed by atoms with E-state index in [4.69, 9.17) is 28.9 Å². The van der Waals surface area contributed by atoms with Gasteiger partial charge < -0.3 is 34.0 Å². The Bertz CT molecular complexity index is 1910. The van der Waals surface area contributed by atoms with Gasteiger partial charge in [-0.25, -0.2) is 0 Å². The number of nitro groups is 1. The van der Waals surface area contributed by atoms with Crippen molar-refractivity contribution in [2.45, 2.75) is 93.9 Å². The van der Waals surface area contributed by atoms with E-state index in [0.29, 0.717) is 49.5 Å². The fraction of sp³-hybridized carbons (Fsp3) is 0.523. The van der Waals surface area contributed by atoms with Crippen LogP contribution in [-0.2, 0) is 20.7 Å². The number of non-ortho nitro benzene ring substituents is 1. The number of oxime groups is 1. The van der Waals surface area contributed by atoms with Crippen molar-refractivity contribution >= 4 is 23.2 Å². The summed E-state index contributed by atoms with van der Waals surface area (Å²) < 4.78 is 26.6. The average molecular weight is 815 g/mol. The number of ether oxygens (including phenoxy) is 4. The highest BCUT2D eigenvalue weighted by molar-refractivity contribution is 8.00. The molecule has 1 unspecified atom stereocenters. The zero-order chi connectivity index (χ0) is 40.3. The molecule has 0 amide bonds. The minimum atomic E-state index is -1.13. The molecular weight excluding hydrogens is 761 g/mol. The van der Waals surface area contributed by atoms with Gasteiger partial charge in [-0.05, 0) is 86.0 Å². The zero-order valence-corrected chi connectivity index (χ0v) is 33.7. The molecule has 1 saturated heterocycles. The van der Waals surface area contributed by atoms with Crippen molar-refractivity contribution in [3.63, 3.8) is 0 Å². The number of unbranched alkanes of at least 4 members (excludes halogenated alkanes) is 2. The van der Waals surface area contributed by atoms with Crippen LogP contribution in [0.1, 0.15) is 81.4 Å². The van der Waals surface area contributed by atoms with E-state index in [1.54, 1.807) is 48.6 Å². The number of nitro benzene ring substituents is 1. The number of aromatic nitrogens is 2. The van der Waals surface area contributed by atoms with Gasteiger partial charge in [-0.15, -0.1) is 6.58 Å². The SMILES string of the molecule is C=CCO[C@@]12Oc3ccc(Oc4cccc([N+](=O)[O-])c4)cc3[C@H]3[C@H](CCCCO)[C@@H](CCCCO)C=C(C(=NOC4CCCCO4)C[C@@H]1SCCc1cnccn1)[C@H]32. The van der Waals surface area contributed by atoms with Gasteiger partial charge >= 0.3 is 0 Å². The quantitative estimate of drug-likeness (QED) is 0.0485. The van der Waals surface area contributed by atoms with Crippen molar-refractivity contribution in [2.75, 3.05) is 32.2 Å². The maximum absolute atomic E-state index is 11.6. The summed E-state index contributed by atoms with van der Waals surface area (Å²) >= 11 is 1.77. The molecule has 58 heavy (non-hydrogen) atoms. The zero-order valence-electron chi connectivity index (χ0n) is 32.9. The minimum Gasteiger partial charge on any atom is -0.460 e. The number of aliphatic hydroxyl groups excluding tert-OH is 2. The summed E-state index contributed by atoms with van der Waals surface area (Å²) in [6.45, 7) is 5.14. The molecule has 2 aromatic carbocycles. The predicted molar refractivity (Wildman–Crippen MR) is 221 cm³/mol. The summed E-state index contributed by atoms with van der Waals surface area (Å²) in [6.07, 6.45) is 17.6. The Morgan fingerprint density at radius 1 is 1.07 bits per heavy atom. The summed E-state index contributed by atoms with van der Waals surface area (Å²) in [5.41, 5.74) is 3.67. The Labute approximate surface area is 344 Å². The van der Waals surface area contributed by atoms with Gasteiger partial charge in [-0.2, -0.15) is 11.8 Å². The molecule has 7 atom stereocenters. The third-order valence-corrected chi connectivity index (χ3v) is 12.9. The highest BCUT2D eigenvalue weighted by Gasteiger charge is 2.64. The Hall–Kier alpha value is -4.34. The fourth-order valence-electron chi connectivity index (χ4n) is 9.02. The number of thioether (sulfide) groups is 1. The third-order valence-electron chi connectivity index (χ3n) is 11.6. The Kier molecular flexibility index (Phi) is 14.5. The van der Waals surface area contributed by atoms with E-state index in [9.17, 15) is 20.3 Å². The summed E-state index contributed by atoms with van der Waals surface area (Å²) in [7, 11) is 0. The molecule has 3 aromatic rings. The van der Waals surface area contributed by atoms with Gasteiger partial charge in [0.15, 0.2) is 0 Å². The molecule has 310 valence electrons. The molecule has 14 heteroatoms. The molecule has 0 radical (unpaired) electrons. The standard InChI is InChI=1S/C44H54N4O9S/c1-2-22-54-44-40(58-24-17-31-29-45-18-19-46-31)28-38(47-57-41-14-5-8-23-53-41)36-25-30(10-3-6-20-49)35(13-4-7-21-50)42(43(36)44)37-27-34(15-16-39(37)56-44)55-33-12-9-11-32(26-33)48(51)52/h2,9,11-12,15-16,18-19,25-27,29-30,35,40-43,49-50H,1,3-8,10,13-14,17,20-24,28H2/t30-,35+,40-,41?,42+,43+,44+/m0/s1. The molecule has 1 aromatic heterocycles. The van der Waals surface area contributed by atoms with Crippen molar-refractivity contribution < 1.29 is 38.9 Å². The van der Waals surface area contributed by atoms with E-state index < -0.39 is 17.0 Å². The van der Waals surface area contributed by atoms with Gasteiger partial charge in [0.2, 0.25) is 12.1 Å². The monoisotopic (exact) mass is 814 g/mol. The molecule has 4 aliphatic rings. The lowest BCUT2D eigenvalue weighted by Gasteiger charge is -2.58. The molecule has 1 saturated carbocycles. The number of benzene rings is 2. The molecule has 0 spiro atoms. The van der Waals surface area contributed by atoms with Gasteiger partial charge in [0.05, 0.1) is 46.8 Å². The summed E-state index contributed by atoms with van der Waals surface area (Å²) in [4.78, 5) is 26.2. The summed E-state index contributed by atoms with van der Waals surface area (Å²) in [5.74, 6) is 0.935. The predicted octanol–water partition coefficient (Wildman–Crippen LogP) is 8.31. The molecule has 0 bridgehead atoms. The number of hydrogen-bond acceptors (Lipinski definition) is 13. The van der Waals surface area contributed by atoms with Crippen molar-refractivity contribution in [3.8, 4) is 17.2 Å². The van der Waals surface area contributed by atoms with E-state index in [1.807, 2.05) is 18.2 Å². The van der Waals surface area contributed by atoms with Gasteiger partial charge in [0.25, 0.3) is 5.69 Å². The van der Waals surface area contributed by atoms with Crippen LogP contribution in [0.25, 0.3) is 0 Å². The first-order valence-corrected chi connectivity index (χ1v) is 21.6. The second kappa shape index (κ2) is 20.1. The van der Waals surface area contributed by atoms with Gasteiger partial charge in [0.1, 0.15) is 17.2 Å². The van der Waals surface area contributed by atoms with Gasteiger partial charge in [-0.3, -0.25) is 20.1 Å². The van der Waals surface area contributed by atoms with Crippen LogP contribution >= 0.6 is 11.8 Å². The summed E-state index contributed by atoms with van der Waals surface area (Å²) in [5, 5.41) is 36.1. The molecule has 2 aliphatic carbocycles. The second-order valence-electron chi connectivity index (χ2n) is 15.3. The number of aliphatic hydroxyl groups is 2. The molecule has 13 nitrogen and oxygen atoms in total. The molecule has 7 rings (SSSR count). The summed E-state index contributed by atoms with van der Waals surface area (Å²) in [6, 6.07) is 11.9. The molecule has 2 N–H and O–H groups in total. The molecule has 3 heterocycles. The fourth-order valence-corrected chi connectivity index (χ4v) is 10.4. The van der Waals surface area contributed by atoms with Crippen LogP contribution in [0.15, 0.2) is 90.5 Å². The number of allylic oxidation sites excluding steroid dienone is 1. The van der Waals surface area contributed by atoms with Crippen LogP contribution < -0.4 is 9.47 Å². The Morgan fingerprint density at radius 3 is 2.67 bits per heavy atom. The highest BCUT2D eigenvalue weighted by atomic mass is 32.2. The van der Waals surface area contributed by atoms with Crippen molar-refractivity contribution in [1.82, 2.24) is 9.97 Å². The Morgan fingerprint density at radius 2 is 1.91 bits per heavy atom. The van der Waals surface area contributed by atoms with Crippen molar-refractivity contribution in [1.29, 1.82) is 0 Å². The van der Waals surface area contributed by atoms with Crippen LogP contribution in [0, 0.1) is 27.9 Å². The number of rotatable bonds is 20. The maximum atomic E-state index is 11.6. The smallest absolute Gasteiger partial charge is 0.273 e. The molecular formula is C44H54N4O9S. The Balaban J connectivity index is 1.36. The van der Waals surface area contributed by atoms with Crippen molar-refractivity contribution in [2.24, 2.45) is 22.9 Å². The van der Waals surface area contributed by atoms with Crippen LogP contribution in [0.2, 0.25) is 0 Å². The number of hydrogen-bond donors (Lipinski definition) is 2. The van der Waals surface area contributed by atoms with E-state index in [-0.39, 0.29) is 54.4 Å². The largest absolute Gasteiger partial charge is 0.460 e. The molecule has 2 aliphatic heterocycles. The number of aryl methyl sites for hydroxylation is 1. The normalized spacial score (nSPS) is 26.8. The minimum absolute atomic E-state index is 0.0580. The van der Waals surface area contributed by atoms with Crippen LogP contribution in [0.5, 0.6) is 17.2 Å². The maximum Gasteiger partial charge on any atom is 0.273 e. The first-order valence-electron chi connectivity index (χ1n) is 20.6. The lowest BCUT2D eigenvalue weighted by molar-refractivity contribution is -0.384. The topological polar surface area (TPSA) is 168 Å². The van der Waals surface area contributed by atoms with E-state index in [0.717, 1.165) is 73.2 Å². The first-order chi connectivity index (χ1) is 28.4. The second-order valence-corrected chi connectivity index (χ2v) is 16.6. The van der Waals surface area contributed by atoms with Crippen molar-refractivity contribution in [3.05, 3.63) is 107 Å². The molecule has 2 fully saturated rings. The van der Waals surface area contributed by atoms with Gasteiger partial charge in [0, 0.05) is 68.6 Å². The lowest BCUT2D eigenvalue weighted by atomic mass is 9.56. The van der Waals surface area contributed by atoms with Gasteiger partial charge in [-0.1, -0.05) is 36.2 Å². The number of fused-ring (bicyclic) bond motifs is 2. The van der Waals surface area contributed by atoms with E-state index >= 15 is 0 Å². The van der Waals surface area contributed by atoms with Crippen LogP contribution in [0.3, 0.4) is 0 Å². The van der Waals surface area contributed by atoms with E-state index in [2.05, 4.69) is 22.6 Å². The third kappa shape index (κ3) is 9.58. The van der Waals surface area contributed by atoms with Crippen LogP contribution in [0.4, 0.5) is 5.69 Å². The lowest BCUT2D eigenvalue weighted by Crippen LogP contribution is -2.64. The number of nitrogens with zero attached hydrogens (tertiary/aromatic N) is 4. The average Bonchev–Trinajstić information content (AvgIpc) is 3.25.